The third kappa shape index (κ3) is 4.46. The molecule has 0 bridgehead atoms. The number of anilines is 2. The van der Waals surface area contributed by atoms with Crippen LogP contribution in [0.15, 0.2) is 71.5 Å². The van der Waals surface area contributed by atoms with Crippen LogP contribution < -0.4 is 10.1 Å². The summed E-state index contributed by atoms with van der Waals surface area (Å²) >= 11 is 3.66. The van der Waals surface area contributed by atoms with Crippen molar-refractivity contribution in [1.82, 2.24) is 9.97 Å². The Morgan fingerprint density at radius 3 is 2.53 bits per heavy atom. The number of aryl methyl sites for hydroxylation is 3. The highest BCUT2D eigenvalue weighted by atomic mass is 79.9. The predicted octanol–water partition coefficient (Wildman–Crippen LogP) is 6.49. The first kappa shape index (κ1) is 20.4. The van der Waals surface area contributed by atoms with E-state index in [-0.39, 0.29) is 0 Å². The fraction of sp³-hybridized carbons (Fsp3) is 0.200. The van der Waals surface area contributed by atoms with Crippen LogP contribution in [0.4, 0.5) is 11.5 Å². The molecule has 0 fully saturated rings. The zero-order valence-corrected chi connectivity index (χ0v) is 18.7. The first-order valence-corrected chi connectivity index (χ1v) is 10.9. The standard InChI is InChI=1S/C25H24BrN3O/c1-3-18-10-11-20(15-23(18)26)29-25-22-7-5-4-6-21(22)19(16-28-25)9-8-17-12-13-27-24(14-17)30-2/h4-7,10-16H,3,8-9H2,1-2H3,(H,28,29). The van der Waals surface area contributed by atoms with Gasteiger partial charge in [0.25, 0.3) is 0 Å². The van der Waals surface area contributed by atoms with Crippen molar-refractivity contribution in [3.8, 4) is 5.88 Å². The lowest BCUT2D eigenvalue weighted by Crippen LogP contribution is -2.00. The Hall–Kier alpha value is -2.92. The topological polar surface area (TPSA) is 47.0 Å². The van der Waals surface area contributed by atoms with Gasteiger partial charge in [0.1, 0.15) is 5.82 Å². The van der Waals surface area contributed by atoms with Crippen molar-refractivity contribution in [3.05, 3.63) is 88.2 Å². The van der Waals surface area contributed by atoms with Gasteiger partial charge in [-0.3, -0.25) is 0 Å². The molecular formula is C25H24BrN3O. The Morgan fingerprint density at radius 1 is 0.933 bits per heavy atom. The summed E-state index contributed by atoms with van der Waals surface area (Å²) in [5.41, 5.74) is 4.75. The second kappa shape index (κ2) is 9.26. The minimum Gasteiger partial charge on any atom is -0.481 e. The number of fused-ring (bicyclic) bond motifs is 1. The average molecular weight is 462 g/mol. The molecular weight excluding hydrogens is 438 g/mol. The molecule has 0 aliphatic heterocycles. The Labute approximate surface area is 185 Å². The van der Waals surface area contributed by atoms with Gasteiger partial charge in [-0.25, -0.2) is 9.97 Å². The van der Waals surface area contributed by atoms with Gasteiger partial charge in [0.05, 0.1) is 7.11 Å². The van der Waals surface area contributed by atoms with Crippen molar-refractivity contribution in [3.63, 3.8) is 0 Å². The summed E-state index contributed by atoms with van der Waals surface area (Å²) in [5, 5.41) is 5.83. The second-order valence-electron chi connectivity index (χ2n) is 7.17. The first-order chi connectivity index (χ1) is 14.7. The summed E-state index contributed by atoms with van der Waals surface area (Å²) in [7, 11) is 1.64. The van der Waals surface area contributed by atoms with Gasteiger partial charge in [0.15, 0.2) is 0 Å². The fourth-order valence-electron chi connectivity index (χ4n) is 3.60. The molecule has 0 aliphatic rings. The highest BCUT2D eigenvalue weighted by molar-refractivity contribution is 9.10. The Morgan fingerprint density at radius 2 is 1.77 bits per heavy atom. The van der Waals surface area contributed by atoms with Crippen molar-refractivity contribution >= 4 is 38.2 Å². The van der Waals surface area contributed by atoms with Gasteiger partial charge in [0, 0.05) is 34.0 Å². The van der Waals surface area contributed by atoms with Crippen LogP contribution in [0.2, 0.25) is 0 Å². The normalized spacial score (nSPS) is 10.9. The van der Waals surface area contributed by atoms with Crippen molar-refractivity contribution in [2.24, 2.45) is 0 Å². The van der Waals surface area contributed by atoms with Crippen LogP contribution in [-0.4, -0.2) is 17.1 Å². The molecule has 4 nitrogen and oxygen atoms in total. The van der Waals surface area contributed by atoms with Gasteiger partial charge in [-0.2, -0.15) is 0 Å². The van der Waals surface area contributed by atoms with Gasteiger partial charge >= 0.3 is 0 Å². The molecule has 2 heterocycles. The van der Waals surface area contributed by atoms with Crippen LogP contribution in [0, 0.1) is 0 Å². The molecule has 0 saturated heterocycles. The van der Waals surface area contributed by atoms with E-state index in [1.807, 2.05) is 18.3 Å². The third-order valence-electron chi connectivity index (χ3n) is 5.27. The van der Waals surface area contributed by atoms with Crippen LogP contribution in [0.1, 0.15) is 23.6 Å². The Kier molecular flexibility index (Phi) is 6.29. The Balaban J connectivity index is 1.60. The maximum Gasteiger partial charge on any atom is 0.213 e. The molecule has 2 aromatic heterocycles. The highest BCUT2D eigenvalue weighted by Crippen LogP contribution is 2.29. The molecule has 1 N–H and O–H groups in total. The van der Waals surface area contributed by atoms with Gasteiger partial charge in [-0.05, 0) is 59.5 Å². The zero-order valence-electron chi connectivity index (χ0n) is 17.2. The number of hydrogen-bond donors (Lipinski definition) is 1. The molecule has 0 atom stereocenters. The highest BCUT2D eigenvalue weighted by Gasteiger charge is 2.09. The number of aromatic nitrogens is 2. The van der Waals surface area contributed by atoms with Crippen LogP contribution in [0.25, 0.3) is 10.8 Å². The van der Waals surface area contributed by atoms with E-state index in [4.69, 9.17) is 9.72 Å². The Bertz CT molecular complexity index is 1180. The molecule has 4 rings (SSSR count). The number of nitrogens with zero attached hydrogens (tertiary/aromatic N) is 2. The summed E-state index contributed by atoms with van der Waals surface area (Å²) in [5.74, 6) is 1.52. The minimum atomic E-state index is 0.648. The lowest BCUT2D eigenvalue weighted by Gasteiger charge is -2.13. The number of rotatable bonds is 7. The molecule has 0 spiro atoms. The SMILES string of the molecule is CCc1ccc(Nc2ncc(CCc3ccnc(OC)c3)c3ccccc23)cc1Br. The number of nitrogens with one attached hydrogen (secondary N) is 1. The number of pyridine rings is 2. The molecule has 0 radical (unpaired) electrons. The first-order valence-electron chi connectivity index (χ1n) is 10.1. The maximum absolute atomic E-state index is 5.24. The van der Waals surface area contributed by atoms with Crippen LogP contribution in [0.5, 0.6) is 5.88 Å². The summed E-state index contributed by atoms with van der Waals surface area (Å²) in [6, 6.07) is 18.8. The van der Waals surface area contributed by atoms with Crippen LogP contribution >= 0.6 is 15.9 Å². The summed E-state index contributed by atoms with van der Waals surface area (Å²) < 4.78 is 6.35. The molecule has 2 aromatic carbocycles. The number of halogens is 1. The molecule has 0 aliphatic carbocycles. The molecule has 152 valence electrons. The summed E-state index contributed by atoms with van der Waals surface area (Å²) in [6.07, 6.45) is 6.58. The van der Waals surface area contributed by atoms with Gasteiger partial charge in [-0.1, -0.05) is 53.2 Å². The van der Waals surface area contributed by atoms with Crippen molar-refractivity contribution in [1.29, 1.82) is 0 Å². The van der Waals surface area contributed by atoms with E-state index < -0.39 is 0 Å². The largest absolute Gasteiger partial charge is 0.481 e. The molecule has 0 amide bonds. The number of hydrogen-bond acceptors (Lipinski definition) is 4. The van der Waals surface area contributed by atoms with E-state index in [2.05, 4.69) is 75.6 Å². The third-order valence-corrected chi connectivity index (χ3v) is 6.00. The average Bonchev–Trinajstić information content (AvgIpc) is 2.79. The van der Waals surface area contributed by atoms with E-state index in [1.54, 1.807) is 13.3 Å². The predicted molar refractivity (Wildman–Crippen MR) is 127 cm³/mol. The second-order valence-corrected chi connectivity index (χ2v) is 8.02. The smallest absolute Gasteiger partial charge is 0.213 e. The van der Waals surface area contributed by atoms with Crippen molar-refractivity contribution in [2.75, 3.05) is 12.4 Å². The minimum absolute atomic E-state index is 0.648. The number of methoxy groups -OCH3 is 1. The van der Waals surface area contributed by atoms with Gasteiger partial charge in [0.2, 0.25) is 5.88 Å². The van der Waals surface area contributed by atoms with Gasteiger partial charge < -0.3 is 10.1 Å². The van der Waals surface area contributed by atoms with E-state index in [0.29, 0.717) is 5.88 Å². The lowest BCUT2D eigenvalue weighted by atomic mass is 10.0. The fourth-order valence-corrected chi connectivity index (χ4v) is 4.25. The molecule has 0 saturated carbocycles. The van der Waals surface area contributed by atoms with E-state index in [1.165, 1.54) is 22.1 Å². The molecule has 5 heteroatoms. The zero-order chi connectivity index (χ0) is 20.9. The van der Waals surface area contributed by atoms with Crippen LogP contribution in [0.3, 0.4) is 0 Å². The number of benzene rings is 2. The molecule has 4 aromatic rings. The van der Waals surface area contributed by atoms with E-state index in [0.717, 1.165) is 40.6 Å². The lowest BCUT2D eigenvalue weighted by molar-refractivity contribution is 0.397. The number of ether oxygens (including phenoxy) is 1. The molecule has 0 unspecified atom stereocenters. The van der Waals surface area contributed by atoms with E-state index in [9.17, 15) is 0 Å². The quantitative estimate of drug-likeness (QED) is 0.341. The van der Waals surface area contributed by atoms with Crippen molar-refractivity contribution in [2.45, 2.75) is 26.2 Å². The van der Waals surface area contributed by atoms with Crippen LogP contribution in [-0.2, 0) is 19.3 Å². The maximum atomic E-state index is 5.24. The monoisotopic (exact) mass is 461 g/mol. The van der Waals surface area contributed by atoms with E-state index >= 15 is 0 Å². The summed E-state index contributed by atoms with van der Waals surface area (Å²) in [6.45, 7) is 2.16. The molecule has 30 heavy (non-hydrogen) atoms. The van der Waals surface area contributed by atoms with Gasteiger partial charge in [-0.15, -0.1) is 0 Å². The van der Waals surface area contributed by atoms with Crippen molar-refractivity contribution < 1.29 is 4.74 Å². The summed E-state index contributed by atoms with van der Waals surface area (Å²) in [4.78, 5) is 8.94.